The summed E-state index contributed by atoms with van der Waals surface area (Å²) >= 11 is 3.31. The molecule has 0 unspecified atom stereocenters. The number of ether oxygens (including phenoxy) is 1. The van der Waals surface area contributed by atoms with E-state index in [2.05, 4.69) is 15.9 Å². The largest absolute Gasteiger partial charge is 0.449 e. The third-order valence-corrected chi connectivity index (χ3v) is 3.94. The molecule has 0 saturated heterocycles. The van der Waals surface area contributed by atoms with Crippen LogP contribution in [0.1, 0.15) is 27.8 Å². The molecule has 5 heteroatoms. The summed E-state index contributed by atoms with van der Waals surface area (Å²) in [6, 6.07) is 15.8. The van der Waals surface area contributed by atoms with Crippen molar-refractivity contribution in [1.29, 1.82) is 0 Å². The van der Waals surface area contributed by atoms with E-state index in [1.165, 1.54) is 0 Å². The lowest BCUT2D eigenvalue weighted by molar-refractivity contribution is 0.0291. The molecular formula is C18H13BrO4. The van der Waals surface area contributed by atoms with Crippen LogP contribution in [0.3, 0.4) is 0 Å². The molecule has 2 aromatic carbocycles. The summed E-state index contributed by atoms with van der Waals surface area (Å²) in [6.07, 6.45) is -0.892. The number of furan rings is 1. The predicted molar refractivity (Wildman–Crippen MR) is 89.6 cm³/mol. The van der Waals surface area contributed by atoms with Gasteiger partial charge in [-0.05, 0) is 31.2 Å². The van der Waals surface area contributed by atoms with Crippen LogP contribution >= 0.6 is 15.9 Å². The average molecular weight is 373 g/mol. The predicted octanol–water partition coefficient (Wildman–Crippen LogP) is 4.62. The Balaban J connectivity index is 1.73. The summed E-state index contributed by atoms with van der Waals surface area (Å²) < 4.78 is 11.5. The second-order valence-corrected chi connectivity index (χ2v) is 5.98. The molecule has 3 aromatic rings. The van der Waals surface area contributed by atoms with E-state index in [1.54, 1.807) is 43.3 Å². The van der Waals surface area contributed by atoms with Crippen LogP contribution in [0.4, 0.5) is 0 Å². The first-order valence-electron chi connectivity index (χ1n) is 7.04. The quantitative estimate of drug-likeness (QED) is 0.495. The van der Waals surface area contributed by atoms with Gasteiger partial charge in [0.2, 0.25) is 11.5 Å². The molecule has 23 heavy (non-hydrogen) atoms. The number of esters is 1. The monoisotopic (exact) mass is 372 g/mol. The van der Waals surface area contributed by atoms with E-state index < -0.39 is 12.1 Å². The van der Waals surface area contributed by atoms with E-state index >= 15 is 0 Å². The van der Waals surface area contributed by atoms with Gasteiger partial charge in [-0.2, -0.15) is 0 Å². The highest BCUT2D eigenvalue weighted by Crippen LogP contribution is 2.20. The number of Topliss-reactive ketones (excluding diaryl/α,β-unsaturated/α-hetero) is 1. The van der Waals surface area contributed by atoms with Crippen molar-refractivity contribution in [2.24, 2.45) is 0 Å². The SMILES string of the molecule is C[C@@H](OC(=O)c1cc2ccccc2o1)C(=O)c1ccc(Br)cc1. The Hall–Kier alpha value is -2.40. The van der Waals surface area contributed by atoms with Gasteiger partial charge in [0.15, 0.2) is 6.10 Å². The molecule has 0 N–H and O–H groups in total. The number of carbonyl (C=O) groups excluding carboxylic acids is 2. The highest BCUT2D eigenvalue weighted by Gasteiger charge is 2.22. The zero-order chi connectivity index (χ0) is 16.4. The molecule has 0 fully saturated rings. The third kappa shape index (κ3) is 3.35. The van der Waals surface area contributed by atoms with Crippen LogP contribution in [0.15, 0.2) is 63.5 Å². The van der Waals surface area contributed by atoms with Gasteiger partial charge >= 0.3 is 5.97 Å². The molecule has 1 atom stereocenters. The zero-order valence-corrected chi connectivity index (χ0v) is 13.9. The Morgan fingerprint density at radius 1 is 1.09 bits per heavy atom. The van der Waals surface area contributed by atoms with Crippen LogP contribution in [0.2, 0.25) is 0 Å². The molecule has 0 amide bonds. The lowest BCUT2D eigenvalue weighted by Gasteiger charge is -2.11. The Morgan fingerprint density at radius 2 is 1.78 bits per heavy atom. The molecule has 1 aromatic heterocycles. The first kappa shape index (κ1) is 15.5. The Morgan fingerprint density at radius 3 is 2.48 bits per heavy atom. The minimum Gasteiger partial charge on any atom is -0.449 e. The summed E-state index contributed by atoms with van der Waals surface area (Å²) in [5.41, 5.74) is 1.09. The van der Waals surface area contributed by atoms with Crippen molar-refractivity contribution in [1.82, 2.24) is 0 Å². The maximum Gasteiger partial charge on any atom is 0.374 e. The Labute approximate surface area is 141 Å². The van der Waals surface area contributed by atoms with Crippen LogP contribution in [-0.4, -0.2) is 17.9 Å². The number of hydrogen-bond acceptors (Lipinski definition) is 4. The lowest BCUT2D eigenvalue weighted by atomic mass is 10.1. The van der Waals surface area contributed by atoms with Crippen LogP contribution in [-0.2, 0) is 4.74 Å². The standard InChI is InChI=1S/C18H13BrO4/c1-11(17(20)12-6-8-14(19)9-7-12)22-18(21)16-10-13-4-2-3-5-15(13)23-16/h2-11H,1H3/t11-/m1/s1. The number of ketones is 1. The van der Waals surface area contributed by atoms with Gasteiger partial charge in [0.05, 0.1) is 0 Å². The van der Waals surface area contributed by atoms with Gasteiger partial charge in [0.1, 0.15) is 5.58 Å². The van der Waals surface area contributed by atoms with Crippen LogP contribution in [0.5, 0.6) is 0 Å². The highest BCUT2D eigenvalue weighted by molar-refractivity contribution is 9.10. The van der Waals surface area contributed by atoms with Crippen LogP contribution in [0.25, 0.3) is 11.0 Å². The number of rotatable bonds is 4. The minimum atomic E-state index is -0.892. The molecule has 0 radical (unpaired) electrons. The van der Waals surface area contributed by atoms with E-state index in [-0.39, 0.29) is 11.5 Å². The number of hydrogen-bond donors (Lipinski definition) is 0. The fraction of sp³-hybridized carbons (Fsp3) is 0.111. The highest BCUT2D eigenvalue weighted by atomic mass is 79.9. The first-order chi connectivity index (χ1) is 11.0. The minimum absolute atomic E-state index is 0.0849. The summed E-state index contributed by atoms with van der Waals surface area (Å²) in [7, 11) is 0. The van der Waals surface area contributed by atoms with Gasteiger partial charge in [0.25, 0.3) is 0 Å². The second kappa shape index (κ2) is 6.38. The van der Waals surface area contributed by atoms with E-state index in [9.17, 15) is 9.59 Å². The van der Waals surface area contributed by atoms with Crippen molar-refractivity contribution in [3.8, 4) is 0 Å². The third-order valence-electron chi connectivity index (χ3n) is 3.41. The topological polar surface area (TPSA) is 56.5 Å². The molecule has 0 aliphatic carbocycles. The lowest BCUT2D eigenvalue weighted by Crippen LogP contribution is -2.24. The Kier molecular flexibility index (Phi) is 4.30. The zero-order valence-electron chi connectivity index (χ0n) is 12.3. The van der Waals surface area contributed by atoms with Crippen molar-refractivity contribution in [3.63, 3.8) is 0 Å². The summed E-state index contributed by atoms with van der Waals surface area (Å²) in [5, 5.41) is 0.811. The molecule has 0 bridgehead atoms. The molecule has 116 valence electrons. The van der Waals surface area contributed by atoms with Crippen LogP contribution in [0, 0.1) is 0 Å². The summed E-state index contributed by atoms with van der Waals surface area (Å²) in [4.78, 5) is 24.4. The van der Waals surface area contributed by atoms with Crippen LogP contribution < -0.4 is 0 Å². The van der Waals surface area contributed by atoms with Gasteiger partial charge in [-0.1, -0.05) is 46.3 Å². The van der Waals surface area contributed by atoms with Crippen molar-refractivity contribution in [2.45, 2.75) is 13.0 Å². The van der Waals surface area contributed by atoms with Gasteiger partial charge in [-0.3, -0.25) is 4.79 Å². The van der Waals surface area contributed by atoms with Crippen molar-refractivity contribution in [2.75, 3.05) is 0 Å². The molecule has 0 saturated carbocycles. The molecule has 0 aliphatic rings. The average Bonchev–Trinajstić information content (AvgIpc) is 2.99. The van der Waals surface area contributed by atoms with Gasteiger partial charge < -0.3 is 9.15 Å². The molecular weight excluding hydrogens is 360 g/mol. The van der Waals surface area contributed by atoms with Gasteiger partial charge in [-0.15, -0.1) is 0 Å². The number of benzene rings is 2. The summed E-state index contributed by atoms with van der Waals surface area (Å²) in [5.74, 6) is -0.831. The number of halogens is 1. The van der Waals surface area contributed by atoms with Gasteiger partial charge in [-0.25, -0.2) is 4.79 Å². The smallest absolute Gasteiger partial charge is 0.374 e. The second-order valence-electron chi connectivity index (χ2n) is 5.07. The van der Waals surface area contributed by atoms with E-state index in [0.717, 1.165) is 9.86 Å². The molecule has 0 spiro atoms. The Bertz CT molecular complexity index is 831. The van der Waals surface area contributed by atoms with Crippen molar-refractivity contribution < 1.29 is 18.7 Å². The molecule has 0 aliphatic heterocycles. The number of carbonyl (C=O) groups is 2. The summed E-state index contributed by atoms with van der Waals surface area (Å²) in [6.45, 7) is 1.55. The van der Waals surface area contributed by atoms with E-state index in [0.29, 0.717) is 11.1 Å². The normalized spacial score (nSPS) is 12.1. The van der Waals surface area contributed by atoms with E-state index in [4.69, 9.17) is 9.15 Å². The number of fused-ring (bicyclic) bond motifs is 1. The number of para-hydroxylation sites is 1. The molecule has 4 nitrogen and oxygen atoms in total. The fourth-order valence-corrected chi connectivity index (χ4v) is 2.47. The van der Waals surface area contributed by atoms with Crippen molar-refractivity contribution >= 4 is 38.7 Å². The molecule has 1 heterocycles. The fourth-order valence-electron chi connectivity index (χ4n) is 2.20. The maximum absolute atomic E-state index is 12.3. The van der Waals surface area contributed by atoms with Gasteiger partial charge in [0, 0.05) is 15.4 Å². The van der Waals surface area contributed by atoms with Crippen molar-refractivity contribution in [3.05, 3.63) is 70.4 Å². The molecule has 3 rings (SSSR count). The van der Waals surface area contributed by atoms with E-state index in [1.807, 2.05) is 18.2 Å². The first-order valence-corrected chi connectivity index (χ1v) is 7.83. The maximum atomic E-state index is 12.3.